The van der Waals surface area contributed by atoms with Gasteiger partial charge < -0.3 is 10.5 Å². The molecule has 1 saturated heterocycles. The molecule has 8 nitrogen and oxygen atoms in total. The number of alkyl halides is 1. The topological polar surface area (TPSA) is 124 Å². The summed E-state index contributed by atoms with van der Waals surface area (Å²) in [5.41, 5.74) is 6.65. The summed E-state index contributed by atoms with van der Waals surface area (Å²) in [6, 6.07) is 14.1. The molecule has 0 aromatic heterocycles. The molecule has 0 spiro atoms. The van der Waals surface area contributed by atoms with Gasteiger partial charge in [0.25, 0.3) is 0 Å². The van der Waals surface area contributed by atoms with E-state index < -0.39 is 41.3 Å². The minimum absolute atomic E-state index is 0.243. The monoisotopic (exact) mass is 597 g/mol. The zero-order valence-electron chi connectivity index (χ0n) is 18.9. The quantitative estimate of drug-likeness (QED) is 0.260. The molecule has 1 amide bonds. The van der Waals surface area contributed by atoms with E-state index >= 15 is 0 Å². The first kappa shape index (κ1) is 24.8. The molecule has 1 fully saturated rings. The Labute approximate surface area is 208 Å². The number of nitrogens with two attached hydrogens (primary N) is 1. The van der Waals surface area contributed by atoms with E-state index in [2.05, 4.69) is 15.1 Å². The van der Waals surface area contributed by atoms with Crippen LogP contribution in [0.25, 0.3) is 0 Å². The minimum atomic E-state index is -1.60. The van der Waals surface area contributed by atoms with Crippen molar-refractivity contribution in [1.29, 1.82) is 0 Å². The Morgan fingerprint density at radius 3 is 2.47 bits per heavy atom. The van der Waals surface area contributed by atoms with Crippen LogP contribution in [0.15, 0.2) is 63.6 Å². The molecule has 4 rings (SSSR count). The molecule has 0 bridgehead atoms. The average molecular weight is 597 g/mol. The number of hydrogen-bond donors (Lipinski definition) is 2. The SMILES string of the molecule is CI1C(CCCOc2ccc(S(=O)C3(C(N)=O)CCOCC3)cc2)=NN=C1c1ccc(O)cc1. The standard InChI is InChI=1S/C24H28IN3O5S/c1-25-21(27-28-22(25)17-4-6-18(29)7-5-17)3-2-14-33-19-8-10-20(11-9-19)34(31)24(23(26)30)12-15-32-16-13-24/h4-11,29H,2-3,12-16H2,1H3,(H2,26,30). The molecule has 2 aromatic rings. The second-order valence-corrected chi connectivity index (χ2v) is 14.8. The van der Waals surface area contributed by atoms with Crippen LogP contribution in [0.1, 0.15) is 31.2 Å². The number of aromatic hydroxyl groups is 1. The third-order valence-corrected chi connectivity index (χ3v) is 12.9. The summed E-state index contributed by atoms with van der Waals surface area (Å²) < 4.78 is 25.5. The predicted octanol–water partition coefficient (Wildman–Crippen LogP) is 3.60. The van der Waals surface area contributed by atoms with Crippen molar-refractivity contribution in [2.75, 3.05) is 24.8 Å². The molecule has 0 saturated carbocycles. The van der Waals surface area contributed by atoms with Crippen LogP contribution in [-0.2, 0) is 20.3 Å². The van der Waals surface area contributed by atoms with Gasteiger partial charge in [-0.05, 0) is 0 Å². The van der Waals surface area contributed by atoms with Gasteiger partial charge in [0.05, 0.1) is 0 Å². The maximum atomic E-state index is 13.1. The number of phenolic OH excluding ortho intramolecular Hbond substituents is 1. The van der Waals surface area contributed by atoms with E-state index in [-0.39, 0.29) is 5.75 Å². The number of nitrogens with zero attached hydrogens (tertiary/aromatic N) is 2. The molecular weight excluding hydrogens is 569 g/mol. The first-order valence-electron chi connectivity index (χ1n) is 11.0. The Morgan fingerprint density at radius 2 is 1.82 bits per heavy atom. The van der Waals surface area contributed by atoms with Crippen molar-refractivity contribution in [3.05, 3.63) is 54.1 Å². The second kappa shape index (κ2) is 11.0. The van der Waals surface area contributed by atoms with Crippen molar-refractivity contribution in [2.24, 2.45) is 15.9 Å². The molecule has 2 heterocycles. The summed E-state index contributed by atoms with van der Waals surface area (Å²) in [5, 5.41) is 18.3. The number of ether oxygens (including phenoxy) is 2. The van der Waals surface area contributed by atoms with Crippen molar-refractivity contribution in [3.63, 3.8) is 0 Å². The fourth-order valence-electron chi connectivity index (χ4n) is 3.84. The number of hydrogen-bond acceptors (Lipinski definition) is 7. The molecule has 2 aromatic carbocycles. The maximum absolute atomic E-state index is 13.1. The molecule has 0 radical (unpaired) electrons. The number of amides is 1. The number of halogens is 1. The molecule has 0 aliphatic carbocycles. The van der Waals surface area contributed by atoms with Gasteiger partial charge in [0.1, 0.15) is 0 Å². The molecular formula is C24H28IN3O5S. The molecule has 1 atom stereocenters. The molecule has 1 unspecified atom stereocenters. The van der Waals surface area contributed by atoms with Crippen molar-refractivity contribution in [3.8, 4) is 11.5 Å². The second-order valence-electron chi connectivity index (χ2n) is 8.05. The first-order chi connectivity index (χ1) is 16.4. The molecule has 182 valence electrons. The van der Waals surface area contributed by atoms with E-state index in [1.54, 1.807) is 36.4 Å². The summed E-state index contributed by atoms with van der Waals surface area (Å²) in [6.45, 7) is 1.29. The number of carbonyl (C=O) groups is 1. The third-order valence-electron chi connectivity index (χ3n) is 5.89. The summed E-state index contributed by atoms with van der Waals surface area (Å²) in [6.07, 6.45) is 2.37. The fraction of sp³-hybridized carbons (Fsp3) is 0.375. The van der Waals surface area contributed by atoms with Gasteiger partial charge in [-0.25, -0.2) is 0 Å². The van der Waals surface area contributed by atoms with E-state index in [0.29, 0.717) is 43.3 Å². The number of benzene rings is 2. The van der Waals surface area contributed by atoms with Gasteiger partial charge in [-0.1, -0.05) is 0 Å². The van der Waals surface area contributed by atoms with Crippen LogP contribution in [0.2, 0.25) is 0 Å². The van der Waals surface area contributed by atoms with Crippen molar-refractivity contribution in [2.45, 2.75) is 35.3 Å². The fourth-order valence-corrected chi connectivity index (χ4v) is 9.34. The number of rotatable bonds is 9. The van der Waals surface area contributed by atoms with E-state index in [1.807, 2.05) is 12.1 Å². The Balaban J connectivity index is 1.26. The summed E-state index contributed by atoms with van der Waals surface area (Å²) in [4.78, 5) is 14.9. The van der Waals surface area contributed by atoms with Gasteiger partial charge in [0.15, 0.2) is 0 Å². The zero-order chi connectivity index (χ0) is 24.1. The number of phenols is 1. The van der Waals surface area contributed by atoms with Crippen LogP contribution in [-0.4, -0.2) is 52.2 Å². The number of carbonyl (C=O) groups excluding carboxylic acids is 1. The average Bonchev–Trinajstić information content (AvgIpc) is 3.22. The summed E-state index contributed by atoms with van der Waals surface area (Å²) >= 11 is -1.60. The Morgan fingerprint density at radius 1 is 1.15 bits per heavy atom. The van der Waals surface area contributed by atoms with Crippen LogP contribution in [0.4, 0.5) is 0 Å². The van der Waals surface area contributed by atoms with E-state index in [0.717, 1.165) is 25.8 Å². The van der Waals surface area contributed by atoms with Gasteiger partial charge in [-0.15, -0.1) is 0 Å². The summed E-state index contributed by atoms with van der Waals surface area (Å²) in [7, 11) is -1.55. The molecule has 3 N–H and O–H groups in total. The van der Waals surface area contributed by atoms with Crippen LogP contribution in [0, 0.1) is 0 Å². The molecule has 2 aliphatic heterocycles. The molecule has 2 aliphatic rings. The third kappa shape index (κ3) is 5.33. The molecule has 34 heavy (non-hydrogen) atoms. The van der Waals surface area contributed by atoms with Gasteiger partial charge >= 0.3 is 181 Å². The van der Waals surface area contributed by atoms with E-state index in [9.17, 15) is 14.1 Å². The van der Waals surface area contributed by atoms with Gasteiger partial charge in [0, 0.05) is 13.2 Å². The Hall–Kier alpha value is -2.31. The van der Waals surface area contributed by atoms with Gasteiger partial charge in [0.2, 0.25) is 0 Å². The van der Waals surface area contributed by atoms with Crippen LogP contribution < -0.4 is 10.5 Å². The Bertz CT molecular complexity index is 1110. The van der Waals surface area contributed by atoms with E-state index in [1.165, 1.54) is 0 Å². The summed E-state index contributed by atoms with van der Waals surface area (Å²) in [5.74, 6) is 0.384. The number of primary amides is 1. The predicted molar refractivity (Wildman–Crippen MR) is 142 cm³/mol. The van der Waals surface area contributed by atoms with Crippen molar-refractivity contribution >= 4 is 44.0 Å². The zero-order valence-corrected chi connectivity index (χ0v) is 21.9. The molecule has 10 heteroatoms. The van der Waals surface area contributed by atoms with Crippen LogP contribution >= 0.6 is 19.8 Å². The van der Waals surface area contributed by atoms with Crippen molar-refractivity contribution < 1.29 is 23.6 Å². The van der Waals surface area contributed by atoms with Gasteiger partial charge in [-0.3, -0.25) is 4.79 Å². The van der Waals surface area contributed by atoms with Crippen molar-refractivity contribution in [1.82, 2.24) is 0 Å². The van der Waals surface area contributed by atoms with Crippen LogP contribution in [0.3, 0.4) is 0 Å². The normalized spacial score (nSPS) is 19.3. The van der Waals surface area contributed by atoms with E-state index in [4.69, 9.17) is 15.2 Å². The van der Waals surface area contributed by atoms with Crippen LogP contribution in [0.5, 0.6) is 11.5 Å². The van der Waals surface area contributed by atoms with Gasteiger partial charge in [-0.2, -0.15) is 0 Å². The first-order valence-corrected chi connectivity index (χ1v) is 16.4. The Kier molecular flexibility index (Phi) is 7.99.